The van der Waals surface area contributed by atoms with Gasteiger partial charge in [0.1, 0.15) is 0 Å². The average Bonchev–Trinajstić information content (AvgIpc) is 2.55. The van der Waals surface area contributed by atoms with Gasteiger partial charge < -0.3 is 14.7 Å². The van der Waals surface area contributed by atoms with E-state index in [0.717, 1.165) is 63.8 Å². The highest BCUT2D eigenvalue weighted by Crippen LogP contribution is 2.23. The van der Waals surface area contributed by atoms with Gasteiger partial charge in [0.25, 0.3) is 0 Å². The van der Waals surface area contributed by atoms with E-state index in [2.05, 4.69) is 26.8 Å². The number of nitrogens with zero attached hydrogens (tertiary/aromatic N) is 5. The van der Waals surface area contributed by atoms with Gasteiger partial charge in [-0.1, -0.05) is 0 Å². The number of hydrogen-bond donors (Lipinski definition) is 0. The van der Waals surface area contributed by atoms with Crippen molar-refractivity contribution in [3.63, 3.8) is 0 Å². The van der Waals surface area contributed by atoms with Crippen LogP contribution in [0, 0.1) is 12.8 Å². The molecular formula is C16H25N5O. The SMILES string of the molecule is Cc1ccnc(N2CCC(C(=O)N3CCN(C)CC3)CC2)n1. The standard InChI is InChI=1S/C16H25N5O/c1-13-3-6-17-16(18-13)21-7-4-14(5-8-21)15(22)20-11-9-19(2)10-12-20/h3,6,14H,4-5,7-12H2,1-2H3. The predicted molar refractivity (Wildman–Crippen MR) is 85.8 cm³/mol. The summed E-state index contributed by atoms with van der Waals surface area (Å²) in [4.78, 5) is 28.0. The zero-order valence-corrected chi connectivity index (χ0v) is 13.5. The largest absolute Gasteiger partial charge is 0.341 e. The van der Waals surface area contributed by atoms with Crippen molar-refractivity contribution in [2.45, 2.75) is 19.8 Å². The van der Waals surface area contributed by atoms with E-state index in [1.54, 1.807) is 6.20 Å². The van der Waals surface area contributed by atoms with Crippen molar-refractivity contribution in [2.24, 2.45) is 5.92 Å². The lowest BCUT2D eigenvalue weighted by Gasteiger charge is -2.37. The Bertz CT molecular complexity index is 519. The summed E-state index contributed by atoms with van der Waals surface area (Å²) in [6.07, 6.45) is 3.62. The summed E-state index contributed by atoms with van der Waals surface area (Å²) in [5.74, 6) is 1.31. The molecule has 2 saturated heterocycles. The molecule has 22 heavy (non-hydrogen) atoms. The third-order valence-electron chi connectivity index (χ3n) is 4.72. The summed E-state index contributed by atoms with van der Waals surface area (Å²) in [6, 6.07) is 1.91. The third-order valence-corrected chi connectivity index (χ3v) is 4.72. The molecule has 6 nitrogen and oxygen atoms in total. The van der Waals surface area contributed by atoms with Crippen molar-refractivity contribution in [2.75, 3.05) is 51.2 Å². The van der Waals surface area contributed by atoms with E-state index in [1.165, 1.54) is 0 Å². The normalized spacial score (nSPS) is 21.2. The van der Waals surface area contributed by atoms with Gasteiger partial charge in [-0.05, 0) is 32.9 Å². The summed E-state index contributed by atoms with van der Waals surface area (Å²) in [5.41, 5.74) is 0.987. The number of aryl methyl sites for hydroxylation is 1. The maximum Gasteiger partial charge on any atom is 0.225 e. The van der Waals surface area contributed by atoms with Crippen LogP contribution in [0.25, 0.3) is 0 Å². The van der Waals surface area contributed by atoms with Gasteiger partial charge in [-0.3, -0.25) is 4.79 Å². The van der Waals surface area contributed by atoms with Crippen molar-refractivity contribution in [1.82, 2.24) is 19.8 Å². The number of aromatic nitrogens is 2. The van der Waals surface area contributed by atoms with E-state index < -0.39 is 0 Å². The number of piperazine rings is 1. The van der Waals surface area contributed by atoms with Crippen LogP contribution >= 0.6 is 0 Å². The molecule has 0 bridgehead atoms. The van der Waals surface area contributed by atoms with Crippen molar-refractivity contribution in [1.29, 1.82) is 0 Å². The number of hydrogen-bond acceptors (Lipinski definition) is 5. The highest BCUT2D eigenvalue weighted by Gasteiger charge is 2.30. The van der Waals surface area contributed by atoms with Crippen LogP contribution in [0.1, 0.15) is 18.5 Å². The summed E-state index contributed by atoms with van der Waals surface area (Å²) < 4.78 is 0. The first-order valence-electron chi connectivity index (χ1n) is 8.15. The van der Waals surface area contributed by atoms with Crippen LogP contribution in [0.3, 0.4) is 0 Å². The zero-order chi connectivity index (χ0) is 15.5. The van der Waals surface area contributed by atoms with E-state index in [4.69, 9.17) is 0 Å². The first-order valence-corrected chi connectivity index (χ1v) is 8.15. The quantitative estimate of drug-likeness (QED) is 0.808. The summed E-state index contributed by atoms with van der Waals surface area (Å²) in [6.45, 7) is 7.44. The van der Waals surface area contributed by atoms with Crippen LogP contribution in [0.2, 0.25) is 0 Å². The van der Waals surface area contributed by atoms with Gasteiger partial charge in [0.2, 0.25) is 11.9 Å². The second kappa shape index (κ2) is 6.60. The van der Waals surface area contributed by atoms with Gasteiger partial charge >= 0.3 is 0 Å². The Kier molecular flexibility index (Phi) is 4.57. The smallest absolute Gasteiger partial charge is 0.225 e. The van der Waals surface area contributed by atoms with Crippen LogP contribution < -0.4 is 4.90 Å². The molecule has 1 aromatic rings. The van der Waals surface area contributed by atoms with Gasteiger partial charge in [0, 0.05) is 57.1 Å². The topological polar surface area (TPSA) is 52.6 Å². The molecule has 2 aliphatic rings. The maximum absolute atomic E-state index is 12.6. The fourth-order valence-corrected chi connectivity index (χ4v) is 3.20. The van der Waals surface area contributed by atoms with Gasteiger partial charge in [0.05, 0.1) is 0 Å². The molecule has 1 aromatic heterocycles. The van der Waals surface area contributed by atoms with Crippen LogP contribution in [0.15, 0.2) is 12.3 Å². The molecule has 0 spiro atoms. The number of amides is 1. The van der Waals surface area contributed by atoms with Crippen molar-refractivity contribution in [3.8, 4) is 0 Å². The summed E-state index contributed by atoms with van der Waals surface area (Å²) >= 11 is 0. The predicted octanol–water partition coefficient (Wildman–Crippen LogP) is 0.775. The lowest BCUT2D eigenvalue weighted by Crippen LogP contribution is -2.50. The third kappa shape index (κ3) is 3.38. The number of piperidine rings is 1. The van der Waals surface area contributed by atoms with Gasteiger partial charge in [0.15, 0.2) is 0 Å². The molecular weight excluding hydrogens is 278 g/mol. The molecule has 120 valence electrons. The lowest BCUT2D eigenvalue weighted by atomic mass is 9.95. The van der Waals surface area contributed by atoms with E-state index in [9.17, 15) is 4.79 Å². The Morgan fingerprint density at radius 3 is 2.45 bits per heavy atom. The van der Waals surface area contributed by atoms with Crippen LogP contribution in [0.4, 0.5) is 5.95 Å². The molecule has 2 fully saturated rings. The summed E-state index contributed by atoms with van der Waals surface area (Å²) in [5, 5.41) is 0. The number of carbonyl (C=O) groups is 1. The fourth-order valence-electron chi connectivity index (χ4n) is 3.20. The van der Waals surface area contributed by atoms with Crippen molar-refractivity contribution in [3.05, 3.63) is 18.0 Å². The molecule has 6 heteroatoms. The molecule has 0 N–H and O–H groups in total. The number of carbonyl (C=O) groups excluding carboxylic acids is 1. The maximum atomic E-state index is 12.6. The van der Waals surface area contributed by atoms with Crippen LogP contribution in [-0.4, -0.2) is 72.0 Å². The first-order chi connectivity index (χ1) is 10.6. The number of anilines is 1. The fraction of sp³-hybridized carbons (Fsp3) is 0.688. The Morgan fingerprint density at radius 2 is 1.82 bits per heavy atom. The minimum atomic E-state index is 0.171. The van der Waals surface area contributed by atoms with Crippen LogP contribution in [0.5, 0.6) is 0 Å². The minimum absolute atomic E-state index is 0.171. The molecule has 0 unspecified atom stereocenters. The summed E-state index contributed by atoms with van der Waals surface area (Å²) in [7, 11) is 2.11. The van der Waals surface area contributed by atoms with Gasteiger partial charge in [-0.25, -0.2) is 9.97 Å². The van der Waals surface area contributed by atoms with E-state index >= 15 is 0 Å². The zero-order valence-electron chi connectivity index (χ0n) is 13.5. The van der Waals surface area contributed by atoms with Crippen molar-refractivity contribution < 1.29 is 4.79 Å². The second-order valence-corrected chi connectivity index (χ2v) is 6.39. The van der Waals surface area contributed by atoms with E-state index in [1.807, 2.05) is 17.9 Å². The van der Waals surface area contributed by atoms with E-state index in [0.29, 0.717) is 5.91 Å². The average molecular weight is 303 g/mol. The van der Waals surface area contributed by atoms with Crippen LogP contribution in [-0.2, 0) is 4.79 Å². The molecule has 0 aliphatic carbocycles. The highest BCUT2D eigenvalue weighted by molar-refractivity contribution is 5.79. The monoisotopic (exact) mass is 303 g/mol. The molecule has 2 aliphatic heterocycles. The number of rotatable bonds is 2. The Morgan fingerprint density at radius 1 is 1.14 bits per heavy atom. The molecule has 1 amide bonds. The Labute approximate surface area is 132 Å². The first kappa shape index (κ1) is 15.2. The number of likely N-dealkylation sites (N-methyl/N-ethyl adjacent to an activating group) is 1. The molecule has 3 rings (SSSR count). The molecule has 0 radical (unpaired) electrons. The molecule has 3 heterocycles. The Balaban J connectivity index is 1.54. The van der Waals surface area contributed by atoms with Crippen molar-refractivity contribution >= 4 is 11.9 Å². The van der Waals surface area contributed by atoms with E-state index in [-0.39, 0.29) is 5.92 Å². The second-order valence-electron chi connectivity index (χ2n) is 6.39. The molecule has 0 atom stereocenters. The molecule has 0 saturated carbocycles. The molecule has 0 aromatic carbocycles. The Hall–Kier alpha value is -1.69. The van der Waals surface area contributed by atoms with Gasteiger partial charge in [-0.2, -0.15) is 0 Å². The van der Waals surface area contributed by atoms with Gasteiger partial charge in [-0.15, -0.1) is 0 Å². The minimum Gasteiger partial charge on any atom is -0.341 e. The highest BCUT2D eigenvalue weighted by atomic mass is 16.2. The lowest BCUT2D eigenvalue weighted by molar-refractivity contribution is -0.137.